The van der Waals surface area contributed by atoms with Crippen LogP contribution in [0.3, 0.4) is 0 Å². The SMILES string of the molecule is CC(F)(F)COc1ccccc1O. The fourth-order valence-corrected chi connectivity index (χ4v) is 0.784. The van der Waals surface area contributed by atoms with Crippen LogP contribution in [0.4, 0.5) is 8.78 Å². The molecule has 0 aliphatic rings. The van der Waals surface area contributed by atoms with Gasteiger partial charge in [0, 0.05) is 6.92 Å². The smallest absolute Gasteiger partial charge is 0.278 e. The van der Waals surface area contributed by atoms with Gasteiger partial charge < -0.3 is 9.84 Å². The third-order valence-corrected chi connectivity index (χ3v) is 1.35. The largest absolute Gasteiger partial charge is 0.504 e. The summed E-state index contributed by atoms with van der Waals surface area (Å²) in [5, 5.41) is 9.14. The summed E-state index contributed by atoms with van der Waals surface area (Å²) in [4.78, 5) is 0. The fraction of sp³-hybridized carbons (Fsp3) is 0.333. The lowest BCUT2D eigenvalue weighted by atomic mass is 10.3. The van der Waals surface area contributed by atoms with Crippen LogP contribution >= 0.6 is 0 Å². The predicted molar refractivity (Wildman–Crippen MR) is 44.2 cm³/mol. The second-order valence-corrected chi connectivity index (χ2v) is 2.83. The number of benzene rings is 1. The number of para-hydroxylation sites is 2. The van der Waals surface area contributed by atoms with Crippen molar-refractivity contribution in [3.8, 4) is 11.5 Å². The monoisotopic (exact) mass is 188 g/mol. The van der Waals surface area contributed by atoms with Crippen LogP contribution in [0.15, 0.2) is 24.3 Å². The minimum absolute atomic E-state index is 0.0732. The first-order valence-electron chi connectivity index (χ1n) is 3.78. The summed E-state index contributed by atoms with van der Waals surface area (Å²) in [5.74, 6) is -2.95. The van der Waals surface area contributed by atoms with Gasteiger partial charge in [0.05, 0.1) is 0 Å². The lowest BCUT2D eigenvalue weighted by Crippen LogP contribution is -2.20. The zero-order chi connectivity index (χ0) is 9.90. The van der Waals surface area contributed by atoms with E-state index in [0.29, 0.717) is 0 Å². The van der Waals surface area contributed by atoms with Crippen LogP contribution < -0.4 is 4.74 Å². The molecule has 1 aromatic rings. The number of rotatable bonds is 3. The topological polar surface area (TPSA) is 29.5 Å². The molecule has 0 fully saturated rings. The number of alkyl halides is 2. The average molecular weight is 188 g/mol. The van der Waals surface area contributed by atoms with E-state index in [0.717, 1.165) is 6.92 Å². The van der Waals surface area contributed by atoms with Crippen molar-refractivity contribution in [3.63, 3.8) is 0 Å². The summed E-state index contributed by atoms with van der Waals surface area (Å²) in [6, 6.07) is 6.00. The Bertz CT molecular complexity index is 281. The molecule has 0 amide bonds. The van der Waals surface area contributed by atoms with Gasteiger partial charge in [-0.2, -0.15) is 0 Å². The highest BCUT2D eigenvalue weighted by Crippen LogP contribution is 2.25. The average Bonchev–Trinajstić information content (AvgIpc) is 2.01. The molecule has 0 spiro atoms. The molecule has 0 aromatic heterocycles. The van der Waals surface area contributed by atoms with Gasteiger partial charge in [-0.25, -0.2) is 8.78 Å². The molecule has 72 valence electrons. The first-order chi connectivity index (χ1) is 5.99. The Morgan fingerprint density at radius 1 is 1.38 bits per heavy atom. The van der Waals surface area contributed by atoms with Gasteiger partial charge in [0.2, 0.25) is 0 Å². The van der Waals surface area contributed by atoms with Crippen molar-refractivity contribution in [2.24, 2.45) is 0 Å². The Labute approximate surface area is 74.8 Å². The molecule has 0 aliphatic heterocycles. The Kier molecular flexibility index (Phi) is 2.70. The Hall–Kier alpha value is -1.32. The number of phenols is 1. The van der Waals surface area contributed by atoms with E-state index in [1.165, 1.54) is 12.1 Å². The summed E-state index contributed by atoms with van der Waals surface area (Å²) in [6.45, 7) is 0.0254. The molecule has 4 heteroatoms. The molecule has 0 saturated heterocycles. The molecule has 0 radical (unpaired) electrons. The minimum atomic E-state index is -2.89. The Morgan fingerprint density at radius 2 is 2.00 bits per heavy atom. The Morgan fingerprint density at radius 3 is 2.54 bits per heavy atom. The predicted octanol–water partition coefficient (Wildman–Crippen LogP) is 2.43. The van der Waals surface area contributed by atoms with Crippen LogP contribution in [-0.4, -0.2) is 17.6 Å². The first-order valence-corrected chi connectivity index (χ1v) is 3.78. The summed E-state index contributed by atoms with van der Waals surface area (Å²) in [6.07, 6.45) is 0. The van der Waals surface area contributed by atoms with Gasteiger partial charge in [-0.05, 0) is 12.1 Å². The molecule has 0 unspecified atom stereocenters. The molecule has 1 aromatic carbocycles. The number of hydrogen-bond donors (Lipinski definition) is 1. The van der Waals surface area contributed by atoms with Crippen molar-refractivity contribution in [2.75, 3.05) is 6.61 Å². The fourth-order valence-electron chi connectivity index (χ4n) is 0.784. The highest BCUT2D eigenvalue weighted by molar-refractivity contribution is 5.37. The summed E-state index contributed by atoms with van der Waals surface area (Å²) < 4.78 is 29.4. The van der Waals surface area contributed by atoms with Crippen molar-refractivity contribution >= 4 is 0 Å². The molecular weight excluding hydrogens is 178 g/mol. The van der Waals surface area contributed by atoms with Crippen LogP contribution in [0.1, 0.15) is 6.92 Å². The molecule has 2 nitrogen and oxygen atoms in total. The quantitative estimate of drug-likeness (QED) is 0.789. The molecule has 0 bridgehead atoms. The van der Waals surface area contributed by atoms with Crippen LogP contribution in [0.25, 0.3) is 0 Å². The number of hydrogen-bond acceptors (Lipinski definition) is 2. The van der Waals surface area contributed by atoms with Crippen molar-refractivity contribution in [2.45, 2.75) is 12.8 Å². The third kappa shape index (κ3) is 3.27. The second-order valence-electron chi connectivity index (χ2n) is 2.83. The van der Waals surface area contributed by atoms with Crippen molar-refractivity contribution < 1.29 is 18.6 Å². The maximum atomic E-state index is 12.3. The molecule has 0 atom stereocenters. The van der Waals surface area contributed by atoms with Crippen LogP contribution in [0, 0.1) is 0 Å². The number of ether oxygens (including phenoxy) is 1. The minimum Gasteiger partial charge on any atom is -0.504 e. The van der Waals surface area contributed by atoms with Gasteiger partial charge in [0.15, 0.2) is 18.1 Å². The van der Waals surface area contributed by atoms with E-state index in [2.05, 4.69) is 0 Å². The second kappa shape index (κ2) is 3.60. The van der Waals surface area contributed by atoms with E-state index in [-0.39, 0.29) is 11.5 Å². The summed E-state index contributed by atoms with van der Waals surface area (Å²) >= 11 is 0. The zero-order valence-electron chi connectivity index (χ0n) is 7.13. The number of aromatic hydroxyl groups is 1. The maximum Gasteiger partial charge on any atom is 0.278 e. The van der Waals surface area contributed by atoms with Gasteiger partial charge in [0.25, 0.3) is 5.92 Å². The van der Waals surface area contributed by atoms with E-state index in [1.54, 1.807) is 12.1 Å². The van der Waals surface area contributed by atoms with E-state index in [4.69, 9.17) is 9.84 Å². The van der Waals surface area contributed by atoms with E-state index < -0.39 is 12.5 Å². The van der Waals surface area contributed by atoms with Gasteiger partial charge in [-0.3, -0.25) is 0 Å². The van der Waals surface area contributed by atoms with Crippen molar-refractivity contribution in [1.29, 1.82) is 0 Å². The van der Waals surface area contributed by atoms with E-state index >= 15 is 0 Å². The first kappa shape index (κ1) is 9.77. The lowest BCUT2D eigenvalue weighted by Gasteiger charge is -2.12. The van der Waals surface area contributed by atoms with Gasteiger partial charge in [0.1, 0.15) is 0 Å². The van der Waals surface area contributed by atoms with Crippen LogP contribution in [0.2, 0.25) is 0 Å². The molecule has 0 heterocycles. The molecule has 0 aliphatic carbocycles. The van der Waals surface area contributed by atoms with Gasteiger partial charge >= 0.3 is 0 Å². The highest BCUT2D eigenvalue weighted by Gasteiger charge is 2.22. The molecule has 1 rings (SSSR count). The van der Waals surface area contributed by atoms with Crippen LogP contribution in [-0.2, 0) is 0 Å². The maximum absolute atomic E-state index is 12.3. The van der Waals surface area contributed by atoms with Crippen molar-refractivity contribution in [3.05, 3.63) is 24.3 Å². The normalized spacial score (nSPS) is 11.3. The van der Waals surface area contributed by atoms with Crippen LogP contribution in [0.5, 0.6) is 11.5 Å². The van der Waals surface area contributed by atoms with Gasteiger partial charge in [-0.1, -0.05) is 12.1 Å². The number of phenolic OH excluding ortho intramolecular Hbond substituents is 1. The highest BCUT2D eigenvalue weighted by atomic mass is 19.3. The molecule has 13 heavy (non-hydrogen) atoms. The third-order valence-electron chi connectivity index (χ3n) is 1.35. The molecule has 0 saturated carbocycles. The van der Waals surface area contributed by atoms with E-state index in [9.17, 15) is 8.78 Å². The van der Waals surface area contributed by atoms with E-state index in [1.807, 2.05) is 0 Å². The Balaban J connectivity index is 2.60. The van der Waals surface area contributed by atoms with Gasteiger partial charge in [-0.15, -0.1) is 0 Å². The standard InChI is InChI=1S/C9H10F2O2/c1-9(10,11)6-13-8-5-3-2-4-7(8)12/h2-5,12H,6H2,1H3. The molecule has 1 N–H and O–H groups in total. The zero-order valence-corrected chi connectivity index (χ0v) is 7.13. The molecular formula is C9H10F2O2. The summed E-state index contributed by atoms with van der Waals surface area (Å²) in [7, 11) is 0. The lowest BCUT2D eigenvalue weighted by molar-refractivity contribution is -0.0235. The summed E-state index contributed by atoms with van der Waals surface area (Å²) in [5.41, 5.74) is 0. The van der Waals surface area contributed by atoms with Crippen molar-refractivity contribution in [1.82, 2.24) is 0 Å². The number of halogens is 2.